The van der Waals surface area contributed by atoms with E-state index in [1.807, 2.05) is 42.5 Å². The van der Waals surface area contributed by atoms with Gasteiger partial charge in [0.05, 0.1) is 19.8 Å². The molecule has 0 radical (unpaired) electrons. The van der Waals surface area contributed by atoms with Gasteiger partial charge in [0.25, 0.3) is 0 Å². The van der Waals surface area contributed by atoms with Crippen molar-refractivity contribution in [1.82, 2.24) is 4.98 Å². The lowest BCUT2D eigenvalue weighted by molar-refractivity contribution is -0.136. The Bertz CT molecular complexity index is 1520. The molecule has 0 saturated carbocycles. The molecular formula is C27H22N2O5. The Balaban J connectivity index is 1.53. The number of aromatic nitrogens is 1. The maximum absolute atomic E-state index is 11.2. The molecule has 2 aromatic heterocycles. The number of nitrogens with two attached hydrogens (primary N) is 1. The molecule has 0 spiro atoms. The Morgan fingerprint density at radius 1 is 1.00 bits per heavy atom. The van der Waals surface area contributed by atoms with Gasteiger partial charge in [0, 0.05) is 28.1 Å². The van der Waals surface area contributed by atoms with Crippen molar-refractivity contribution in [3.63, 3.8) is 0 Å². The smallest absolute Gasteiger partial charge is 0.307 e. The Morgan fingerprint density at radius 3 is 2.65 bits per heavy atom. The monoisotopic (exact) mass is 454 g/mol. The summed E-state index contributed by atoms with van der Waals surface area (Å²) in [5.74, 6) is 0.694. The first kappa shape index (κ1) is 21.3. The van der Waals surface area contributed by atoms with Crippen molar-refractivity contribution in [2.75, 3.05) is 12.8 Å². The molecule has 7 nitrogen and oxygen atoms in total. The molecule has 2 heterocycles. The molecule has 0 aliphatic rings. The number of hydrogen-bond acceptors (Lipinski definition) is 6. The van der Waals surface area contributed by atoms with E-state index in [-0.39, 0.29) is 13.0 Å². The SMILES string of the molecule is COc1cc(-c2ccc3ccnc(N)c3c2)cc2c(COc3ccccc3CC(=O)O)coc12. The number of carbonyl (C=O) groups is 1. The number of pyridine rings is 1. The van der Waals surface area contributed by atoms with E-state index in [0.717, 1.165) is 32.8 Å². The largest absolute Gasteiger partial charge is 0.493 e. The van der Waals surface area contributed by atoms with Crippen molar-refractivity contribution in [3.8, 4) is 22.6 Å². The van der Waals surface area contributed by atoms with Crippen LogP contribution in [0.1, 0.15) is 11.1 Å². The highest BCUT2D eigenvalue weighted by molar-refractivity contribution is 5.96. The van der Waals surface area contributed by atoms with E-state index in [9.17, 15) is 4.79 Å². The lowest BCUT2D eigenvalue weighted by Crippen LogP contribution is -2.04. The molecule has 0 bridgehead atoms. The van der Waals surface area contributed by atoms with Crippen LogP contribution < -0.4 is 15.2 Å². The minimum absolute atomic E-state index is 0.111. The number of para-hydroxylation sites is 1. The Labute approximate surface area is 195 Å². The average Bonchev–Trinajstić information content (AvgIpc) is 3.25. The van der Waals surface area contributed by atoms with Crippen molar-refractivity contribution >= 4 is 33.5 Å². The van der Waals surface area contributed by atoms with Crippen LogP contribution >= 0.6 is 0 Å². The van der Waals surface area contributed by atoms with Gasteiger partial charge in [-0.05, 0) is 46.8 Å². The zero-order valence-electron chi connectivity index (χ0n) is 18.4. The number of benzene rings is 3. The molecule has 34 heavy (non-hydrogen) atoms. The minimum Gasteiger partial charge on any atom is -0.493 e. The van der Waals surface area contributed by atoms with Crippen LogP contribution in [0.3, 0.4) is 0 Å². The second kappa shape index (κ2) is 8.78. The number of anilines is 1. The summed E-state index contributed by atoms with van der Waals surface area (Å²) < 4.78 is 17.4. The van der Waals surface area contributed by atoms with Crippen LogP contribution in [-0.2, 0) is 17.8 Å². The Morgan fingerprint density at radius 2 is 1.82 bits per heavy atom. The molecule has 3 N–H and O–H groups in total. The molecular weight excluding hydrogens is 432 g/mol. The highest BCUT2D eigenvalue weighted by Gasteiger charge is 2.16. The third-order valence-electron chi connectivity index (χ3n) is 5.77. The summed E-state index contributed by atoms with van der Waals surface area (Å²) in [4.78, 5) is 15.4. The number of nitrogen functional groups attached to an aromatic ring is 1. The van der Waals surface area contributed by atoms with E-state index in [4.69, 9.17) is 24.7 Å². The number of methoxy groups -OCH3 is 1. The zero-order valence-corrected chi connectivity index (χ0v) is 18.4. The second-order valence-corrected chi connectivity index (χ2v) is 7.92. The van der Waals surface area contributed by atoms with E-state index in [0.29, 0.717) is 28.5 Å². The zero-order chi connectivity index (χ0) is 23.7. The lowest BCUT2D eigenvalue weighted by Gasteiger charge is -2.11. The number of carboxylic acid groups (broad SMARTS) is 1. The fourth-order valence-electron chi connectivity index (χ4n) is 4.07. The molecule has 0 atom stereocenters. The summed E-state index contributed by atoms with van der Waals surface area (Å²) in [6, 6.07) is 19.0. The number of rotatable bonds is 7. The van der Waals surface area contributed by atoms with Gasteiger partial charge < -0.3 is 24.7 Å². The molecule has 3 aromatic carbocycles. The van der Waals surface area contributed by atoms with Crippen LogP contribution in [-0.4, -0.2) is 23.2 Å². The number of nitrogens with zero attached hydrogens (tertiary/aromatic N) is 1. The Hall–Kier alpha value is -4.52. The molecule has 0 fully saturated rings. The highest BCUT2D eigenvalue weighted by Crippen LogP contribution is 2.37. The normalized spacial score (nSPS) is 11.1. The first-order valence-corrected chi connectivity index (χ1v) is 10.7. The van der Waals surface area contributed by atoms with Gasteiger partial charge in [-0.25, -0.2) is 4.98 Å². The molecule has 0 saturated heterocycles. The van der Waals surface area contributed by atoms with Gasteiger partial charge in [0.2, 0.25) is 0 Å². The summed E-state index contributed by atoms with van der Waals surface area (Å²) in [5, 5.41) is 11.9. The predicted octanol–water partition coefficient (Wildman–Crippen LogP) is 5.44. The van der Waals surface area contributed by atoms with Gasteiger partial charge in [-0.15, -0.1) is 0 Å². The van der Waals surface area contributed by atoms with Gasteiger partial charge in [-0.2, -0.15) is 0 Å². The summed E-state index contributed by atoms with van der Waals surface area (Å²) >= 11 is 0. The quantitative estimate of drug-likeness (QED) is 0.337. The van der Waals surface area contributed by atoms with Gasteiger partial charge in [-0.3, -0.25) is 4.79 Å². The van der Waals surface area contributed by atoms with E-state index < -0.39 is 5.97 Å². The van der Waals surface area contributed by atoms with Crippen molar-refractivity contribution in [2.45, 2.75) is 13.0 Å². The van der Waals surface area contributed by atoms with Crippen molar-refractivity contribution in [1.29, 1.82) is 0 Å². The molecule has 7 heteroatoms. The number of ether oxygens (including phenoxy) is 2. The first-order chi connectivity index (χ1) is 16.5. The average molecular weight is 454 g/mol. The van der Waals surface area contributed by atoms with Crippen molar-refractivity contribution in [3.05, 3.63) is 84.3 Å². The molecule has 0 amide bonds. The molecule has 170 valence electrons. The van der Waals surface area contributed by atoms with Gasteiger partial charge in [0.1, 0.15) is 18.2 Å². The number of fused-ring (bicyclic) bond motifs is 2. The van der Waals surface area contributed by atoms with E-state index in [1.54, 1.807) is 37.8 Å². The second-order valence-electron chi connectivity index (χ2n) is 7.92. The minimum atomic E-state index is -0.912. The topological polar surface area (TPSA) is 108 Å². The van der Waals surface area contributed by atoms with Crippen molar-refractivity contribution < 1.29 is 23.8 Å². The molecule has 5 aromatic rings. The number of furan rings is 1. The van der Waals surface area contributed by atoms with Gasteiger partial charge >= 0.3 is 5.97 Å². The standard InChI is InChI=1S/C27H22N2O5/c1-32-24-12-19(17-7-6-16-8-9-29-27(28)22(16)10-17)11-21-20(15-34-26(21)24)14-33-23-5-3-2-4-18(23)13-25(30)31/h2-12,15H,13-14H2,1H3,(H2,28,29)(H,30,31). The molecule has 0 aliphatic carbocycles. The van der Waals surface area contributed by atoms with Gasteiger partial charge in [0.15, 0.2) is 11.3 Å². The predicted molar refractivity (Wildman–Crippen MR) is 130 cm³/mol. The van der Waals surface area contributed by atoms with Crippen LogP contribution in [0.4, 0.5) is 5.82 Å². The first-order valence-electron chi connectivity index (χ1n) is 10.7. The molecule has 5 rings (SSSR count). The van der Waals surface area contributed by atoms with E-state index in [2.05, 4.69) is 4.98 Å². The van der Waals surface area contributed by atoms with Gasteiger partial charge in [-0.1, -0.05) is 30.3 Å². The summed E-state index contributed by atoms with van der Waals surface area (Å²) in [6.45, 7) is 0.213. The number of carboxylic acids is 1. The summed E-state index contributed by atoms with van der Waals surface area (Å²) in [7, 11) is 1.60. The highest BCUT2D eigenvalue weighted by atomic mass is 16.5. The van der Waals surface area contributed by atoms with Crippen LogP contribution in [0.25, 0.3) is 32.9 Å². The maximum Gasteiger partial charge on any atom is 0.307 e. The van der Waals surface area contributed by atoms with E-state index >= 15 is 0 Å². The third-order valence-corrected chi connectivity index (χ3v) is 5.77. The summed E-state index contributed by atoms with van der Waals surface area (Å²) in [5.41, 5.74) is 10.0. The lowest BCUT2D eigenvalue weighted by atomic mass is 9.99. The number of hydrogen-bond donors (Lipinski definition) is 2. The third kappa shape index (κ3) is 3.99. The van der Waals surface area contributed by atoms with E-state index in [1.165, 1.54) is 0 Å². The van der Waals surface area contributed by atoms with Crippen LogP contribution in [0, 0.1) is 0 Å². The van der Waals surface area contributed by atoms with Crippen LogP contribution in [0.15, 0.2) is 77.5 Å². The van der Waals surface area contributed by atoms with Crippen molar-refractivity contribution in [2.24, 2.45) is 0 Å². The van der Waals surface area contributed by atoms with Crippen LogP contribution in [0.2, 0.25) is 0 Å². The van der Waals surface area contributed by atoms with Crippen LogP contribution in [0.5, 0.6) is 11.5 Å². The molecule has 0 aliphatic heterocycles. The number of aliphatic carboxylic acids is 1. The fraction of sp³-hybridized carbons (Fsp3) is 0.111. The Kier molecular flexibility index (Phi) is 5.51. The molecule has 0 unspecified atom stereocenters. The summed E-state index contributed by atoms with van der Waals surface area (Å²) in [6.07, 6.45) is 3.22. The fourth-order valence-corrected chi connectivity index (χ4v) is 4.07. The maximum atomic E-state index is 11.2.